The number of nitrogens with zero attached hydrogens (tertiary/aromatic N) is 1. The van der Waals surface area contributed by atoms with E-state index in [1.165, 1.54) is 12.0 Å². The van der Waals surface area contributed by atoms with Gasteiger partial charge in [-0.15, -0.1) is 0 Å². The van der Waals surface area contributed by atoms with E-state index in [1.807, 2.05) is 63.2 Å². The number of carbonyl (C=O) groups excluding carboxylic acids is 3. The van der Waals surface area contributed by atoms with Crippen LogP contribution in [0.25, 0.3) is 6.08 Å². The molecule has 1 heterocycles. The molecule has 0 spiro atoms. The molecule has 0 atom stereocenters. The van der Waals surface area contributed by atoms with Gasteiger partial charge in [0.05, 0.1) is 18.6 Å². The Bertz CT molecular complexity index is 1400. The summed E-state index contributed by atoms with van der Waals surface area (Å²) >= 11 is 0.908. The number of hydrogen-bond donors (Lipinski definition) is 1. The molecule has 0 radical (unpaired) electrons. The van der Waals surface area contributed by atoms with E-state index in [1.54, 1.807) is 24.3 Å². The molecule has 0 aliphatic carbocycles. The first-order valence-corrected chi connectivity index (χ1v) is 12.5. The van der Waals surface area contributed by atoms with Crippen molar-refractivity contribution in [2.75, 3.05) is 19.0 Å². The molecule has 4 rings (SSSR count). The van der Waals surface area contributed by atoms with Gasteiger partial charge >= 0.3 is 0 Å². The summed E-state index contributed by atoms with van der Waals surface area (Å²) in [4.78, 5) is 39.4. The van der Waals surface area contributed by atoms with Gasteiger partial charge < -0.3 is 14.8 Å². The van der Waals surface area contributed by atoms with Gasteiger partial charge in [-0.3, -0.25) is 19.3 Å². The lowest BCUT2D eigenvalue weighted by atomic mass is 10.1. The molecule has 1 aliphatic heterocycles. The second-order valence-electron chi connectivity index (χ2n) is 8.80. The van der Waals surface area contributed by atoms with Crippen molar-refractivity contribution >= 4 is 40.6 Å². The van der Waals surface area contributed by atoms with E-state index in [-0.39, 0.29) is 30.2 Å². The molecule has 1 fully saturated rings. The van der Waals surface area contributed by atoms with Crippen LogP contribution in [0.2, 0.25) is 0 Å². The van der Waals surface area contributed by atoms with Gasteiger partial charge in [0.1, 0.15) is 0 Å². The van der Waals surface area contributed by atoms with Gasteiger partial charge in [0.25, 0.3) is 17.1 Å². The second kappa shape index (κ2) is 11.3. The zero-order chi connectivity index (χ0) is 26.5. The Hall–Kier alpha value is -4.04. The average molecular weight is 517 g/mol. The highest BCUT2D eigenvalue weighted by atomic mass is 32.2. The van der Waals surface area contributed by atoms with Crippen LogP contribution >= 0.6 is 11.8 Å². The van der Waals surface area contributed by atoms with E-state index in [0.29, 0.717) is 27.7 Å². The molecule has 0 saturated carbocycles. The van der Waals surface area contributed by atoms with Crippen LogP contribution in [0.4, 0.5) is 10.5 Å². The summed E-state index contributed by atoms with van der Waals surface area (Å²) in [7, 11) is 1.50. The van der Waals surface area contributed by atoms with Gasteiger partial charge in [-0.2, -0.15) is 0 Å². The zero-order valence-electron chi connectivity index (χ0n) is 21.2. The van der Waals surface area contributed by atoms with Crippen molar-refractivity contribution in [1.82, 2.24) is 4.90 Å². The van der Waals surface area contributed by atoms with E-state index >= 15 is 0 Å². The van der Waals surface area contributed by atoms with E-state index in [4.69, 9.17) is 9.47 Å². The molecular weight excluding hydrogens is 488 g/mol. The smallest absolute Gasteiger partial charge is 0.293 e. The maximum Gasteiger partial charge on any atom is 0.293 e. The molecule has 190 valence electrons. The number of methoxy groups -OCH3 is 1. The summed E-state index contributed by atoms with van der Waals surface area (Å²) in [6.45, 7) is 5.99. The summed E-state index contributed by atoms with van der Waals surface area (Å²) in [5.41, 5.74) is 5.57. The lowest BCUT2D eigenvalue weighted by Crippen LogP contribution is -2.27. The van der Waals surface area contributed by atoms with E-state index in [0.717, 1.165) is 34.0 Å². The topological polar surface area (TPSA) is 84.9 Å². The minimum atomic E-state index is -0.334. The van der Waals surface area contributed by atoms with Crippen LogP contribution in [-0.4, -0.2) is 35.7 Å². The predicted octanol–water partition coefficient (Wildman–Crippen LogP) is 5.87. The first kappa shape index (κ1) is 26.0. The van der Waals surface area contributed by atoms with Crippen LogP contribution in [0.5, 0.6) is 11.5 Å². The maximum absolute atomic E-state index is 12.9. The summed E-state index contributed by atoms with van der Waals surface area (Å²) in [6.07, 6.45) is 1.65. The Morgan fingerprint density at radius 3 is 2.51 bits per heavy atom. The number of amides is 3. The SMILES string of the molecule is COc1cc(/C=C2\SC(=O)N(Cc3cccc(C)c3)C2=O)ccc1OCC(=O)Nc1ccc(C)c(C)c1. The number of rotatable bonds is 8. The number of carbonyl (C=O) groups is 3. The largest absolute Gasteiger partial charge is 0.493 e. The third kappa shape index (κ3) is 6.40. The number of ether oxygens (including phenoxy) is 2. The standard InChI is InChI=1S/C29H28N2O5S/c1-18-6-5-7-22(12-18)16-31-28(33)26(37-29(31)34)15-21-9-11-24(25(14-21)35-4)36-17-27(32)30-23-10-8-19(2)20(3)13-23/h5-15H,16-17H2,1-4H3,(H,30,32)/b26-15-. The Kier molecular flexibility index (Phi) is 7.98. The van der Waals surface area contributed by atoms with E-state index in [9.17, 15) is 14.4 Å². The first-order valence-electron chi connectivity index (χ1n) is 11.7. The van der Waals surface area contributed by atoms with Crippen molar-refractivity contribution < 1.29 is 23.9 Å². The van der Waals surface area contributed by atoms with Crippen LogP contribution in [-0.2, 0) is 16.1 Å². The molecule has 37 heavy (non-hydrogen) atoms. The molecule has 1 saturated heterocycles. The lowest BCUT2D eigenvalue weighted by molar-refractivity contribution is -0.123. The van der Waals surface area contributed by atoms with Gasteiger partial charge in [-0.25, -0.2) is 0 Å². The van der Waals surface area contributed by atoms with Crippen LogP contribution in [0, 0.1) is 20.8 Å². The molecule has 0 aromatic heterocycles. The Morgan fingerprint density at radius 1 is 0.973 bits per heavy atom. The van der Waals surface area contributed by atoms with Gasteiger partial charge in [-0.1, -0.05) is 42.0 Å². The zero-order valence-corrected chi connectivity index (χ0v) is 22.0. The van der Waals surface area contributed by atoms with Gasteiger partial charge in [0.2, 0.25) is 0 Å². The summed E-state index contributed by atoms with van der Waals surface area (Å²) in [5, 5.41) is 2.51. The fourth-order valence-corrected chi connectivity index (χ4v) is 4.67. The average Bonchev–Trinajstić information content (AvgIpc) is 3.12. The second-order valence-corrected chi connectivity index (χ2v) is 9.80. The third-order valence-corrected chi connectivity index (χ3v) is 6.84. The molecule has 0 bridgehead atoms. The molecule has 1 N–H and O–H groups in total. The van der Waals surface area contributed by atoms with E-state index in [2.05, 4.69) is 5.32 Å². The summed E-state index contributed by atoms with van der Waals surface area (Å²) in [5.74, 6) is 0.171. The lowest BCUT2D eigenvalue weighted by Gasteiger charge is -2.13. The summed E-state index contributed by atoms with van der Waals surface area (Å²) in [6, 6.07) is 18.5. The normalized spacial score (nSPS) is 14.3. The van der Waals surface area contributed by atoms with Gasteiger partial charge in [0, 0.05) is 5.69 Å². The molecule has 7 nitrogen and oxygen atoms in total. The fraction of sp³-hybridized carbons (Fsp3) is 0.207. The molecule has 1 aliphatic rings. The molecule has 3 aromatic carbocycles. The minimum Gasteiger partial charge on any atom is -0.493 e. The summed E-state index contributed by atoms with van der Waals surface area (Å²) < 4.78 is 11.1. The van der Waals surface area contributed by atoms with Crippen molar-refractivity contribution in [1.29, 1.82) is 0 Å². The van der Waals surface area contributed by atoms with Crippen LogP contribution < -0.4 is 14.8 Å². The number of anilines is 1. The highest BCUT2D eigenvalue weighted by Gasteiger charge is 2.35. The van der Waals surface area contributed by atoms with Crippen molar-refractivity contribution in [3.8, 4) is 11.5 Å². The van der Waals surface area contributed by atoms with Crippen LogP contribution in [0.15, 0.2) is 65.6 Å². The van der Waals surface area contributed by atoms with Crippen molar-refractivity contribution in [2.24, 2.45) is 0 Å². The first-order chi connectivity index (χ1) is 17.7. The quantitative estimate of drug-likeness (QED) is 0.377. The van der Waals surface area contributed by atoms with Crippen molar-refractivity contribution in [2.45, 2.75) is 27.3 Å². The number of benzene rings is 3. The highest BCUT2D eigenvalue weighted by Crippen LogP contribution is 2.35. The molecule has 0 unspecified atom stereocenters. The fourth-order valence-electron chi connectivity index (χ4n) is 3.83. The number of hydrogen-bond acceptors (Lipinski definition) is 6. The van der Waals surface area contributed by atoms with Crippen molar-refractivity contribution in [3.05, 3.63) is 93.4 Å². The van der Waals surface area contributed by atoms with Crippen LogP contribution in [0.3, 0.4) is 0 Å². The van der Waals surface area contributed by atoms with Gasteiger partial charge in [0.15, 0.2) is 18.1 Å². The Balaban J connectivity index is 1.41. The van der Waals surface area contributed by atoms with Gasteiger partial charge in [-0.05, 0) is 85.1 Å². The predicted molar refractivity (Wildman–Crippen MR) is 146 cm³/mol. The molecule has 8 heteroatoms. The highest BCUT2D eigenvalue weighted by molar-refractivity contribution is 8.18. The Morgan fingerprint density at radius 2 is 1.78 bits per heavy atom. The molecule has 3 amide bonds. The van der Waals surface area contributed by atoms with Crippen LogP contribution in [0.1, 0.15) is 27.8 Å². The number of imide groups is 1. The number of thioether (sulfide) groups is 1. The van der Waals surface area contributed by atoms with Crippen molar-refractivity contribution in [3.63, 3.8) is 0 Å². The van der Waals surface area contributed by atoms with E-state index < -0.39 is 0 Å². The molecule has 3 aromatic rings. The Labute approximate surface area is 220 Å². The monoisotopic (exact) mass is 516 g/mol. The minimum absolute atomic E-state index is 0.194. The number of aryl methyl sites for hydroxylation is 3. The number of nitrogens with one attached hydrogen (secondary N) is 1. The third-order valence-electron chi connectivity index (χ3n) is 5.93. The maximum atomic E-state index is 12.9. The molecular formula is C29H28N2O5S.